The number of amides is 1. The second-order valence-electron chi connectivity index (χ2n) is 7.24. The number of carbonyl (C=O) groups is 1. The third-order valence-corrected chi connectivity index (χ3v) is 4.86. The Morgan fingerprint density at radius 1 is 1.14 bits per heavy atom. The summed E-state index contributed by atoms with van der Waals surface area (Å²) in [7, 11) is -2.38. The van der Waals surface area contributed by atoms with E-state index in [9.17, 15) is 22.0 Å². The fourth-order valence-electron chi connectivity index (χ4n) is 2.29. The van der Waals surface area contributed by atoms with Crippen LogP contribution in [-0.2, 0) is 14.8 Å². The first kappa shape index (κ1) is 21.5. The lowest BCUT2D eigenvalue weighted by molar-refractivity contribution is -0.121. The number of benzene rings is 1. The van der Waals surface area contributed by atoms with Gasteiger partial charge in [-0.3, -0.25) is 9.52 Å². The Morgan fingerprint density at radius 3 is 2.36 bits per heavy atom. The minimum atomic E-state index is -4.03. The van der Waals surface area contributed by atoms with E-state index in [-0.39, 0.29) is 28.6 Å². The lowest BCUT2D eigenvalue weighted by Gasteiger charge is -2.24. The van der Waals surface area contributed by atoms with Crippen LogP contribution in [0.4, 0.5) is 20.3 Å². The summed E-state index contributed by atoms with van der Waals surface area (Å²) in [5.74, 6) is -2.04. The summed E-state index contributed by atoms with van der Waals surface area (Å²) in [6, 6.07) is 5.44. The number of nitrogens with one attached hydrogen (secondary N) is 2. The molecule has 1 aromatic heterocycles. The second-order valence-corrected chi connectivity index (χ2v) is 8.92. The summed E-state index contributed by atoms with van der Waals surface area (Å²) in [6.07, 6.45) is 1.12. The van der Waals surface area contributed by atoms with Gasteiger partial charge in [-0.05, 0) is 45.0 Å². The number of hydrogen-bond donors (Lipinski definition) is 2. The fourth-order valence-corrected chi connectivity index (χ4v) is 3.28. The zero-order valence-corrected chi connectivity index (χ0v) is 16.8. The molecule has 1 aromatic carbocycles. The van der Waals surface area contributed by atoms with E-state index in [1.165, 1.54) is 12.1 Å². The summed E-state index contributed by atoms with van der Waals surface area (Å²) in [4.78, 5) is 17.5. The monoisotopic (exact) mass is 412 g/mol. The van der Waals surface area contributed by atoms with Crippen molar-refractivity contribution >= 4 is 27.4 Å². The number of likely N-dealkylation sites (N-methyl/N-ethyl adjacent to an activating group) is 1. The fraction of sp³-hybridized carbons (Fsp3) is 0.333. The van der Waals surface area contributed by atoms with Crippen molar-refractivity contribution in [2.45, 2.75) is 31.2 Å². The van der Waals surface area contributed by atoms with Crippen LogP contribution in [0, 0.1) is 11.6 Å². The lowest BCUT2D eigenvalue weighted by Crippen LogP contribution is -2.45. The van der Waals surface area contributed by atoms with E-state index in [0.29, 0.717) is 5.82 Å². The maximum absolute atomic E-state index is 13.2. The van der Waals surface area contributed by atoms with Crippen molar-refractivity contribution in [1.82, 2.24) is 10.3 Å². The first-order valence-electron chi connectivity index (χ1n) is 8.33. The normalized spacial score (nSPS) is 11.8. The molecule has 0 aliphatic heterocycles. The molecule has 28 heavy (non-hydrogen) atoms. The van der Waals surface area contributed by atoms with Gasteiger partial charge in [0.2, 0.25) is 5.91 Å². The largest absolute Gasteiger partial charge is 0.350 e. The van der Waals surface area contributed by atoms with Crippen molar-refractivity contribution in [3.8, 4) is 0 Å². The number of aromatic nitrogens is 1. The van der Waals surface area contributed by atoms with Crippen LogP contribution in [0.2, 0.25) is 0 Å². The second kappa shape index (κ2) is 8.09. The molecule has 7 nitrogen and oxygen atoms in total. The van der Waals surface area contributed by atoms with Gasteiger partial charge in [0.25, 0.3) is 10.0 Å². The Bertz CT molecular complexity index is 958. The molecular formula is C18H22F2N4O3S. The molecule has 0 saturated carbocycles. The number of sulfonamides is 1. The van der Waals surface area contributed by atoms with Gasteiger partial charge in [-0.2, -0.15) is 0 Å². The molecule has 2 N–H and O–H groups in total. The molecule has 0 saturated heterocycles. The van der Waals surface area contributed by atoms with Crippen LogP contribution < -0.4 is 14.9 Å². The van der Waals surface area contributed by atoms with E-state index in [2.05, 4.69) is 15.0 Å². The van der Waals surface area contributed by atoms with Gasteiger partial charge in [0.1, 0.15) is 10.7 Å². The zero-order chi connectivity index (χ0) is 21.1. The minimum Gasteiger partial charge on any atom is -0.350 e. The average molecular weight is 412 g/mol. The van der Waals surface area contributed by atoms with Crippen molar-refractivity contribution in [2.24, 2.45) is 0 Å². The molecule has 1 amide bonds. The van der Waals surface area contributed by atoms with E-state index >= 15 is 0 Å². The molecule has 0 atom stereocenters. The van der Waals surface area contributed by atoms with Gasteiger partial charge in [0, 0.05) is 24.8 Å². The lowest BCUT2D eigenvalue weighted by atomic mass is 10.1. The van der Waals surface area contributed by atoms with E-state index < -0.39 is 21.7 Å². The van der Waals surface area contributed by atoms with E-state index in [1.54, 1.807) is 11.9 Å². The predicted octanol–water partition coefficient (Wildman–Crippen LogP) is 2.51. The molecule has 0 bridgehead atoms. The van der Waals surface area contributed by atoms with Crippen molar-refractivity contribution in [3.63, 3.8) is 0 Å². The standard InChI is InChI=1S/C18H22F2N4O3S/c1-18(2,3)22-17(25)11-24(4)16-8-6-13(10-21-16)28(26,27)23-12-5-7-14(19)15(20)9-12/h5-10,23H,11H2,1-4H3,(H,22,25). The molecule has 1 heterocycles. The van der Waals surface area contributed by atoms with Crippen molar-refractivity contribution in [3.05, 3.63) is 48.2 Å². The average Bonchev–Trinajstić information content (AvgIpc) is 2.56. The third kappa shape index (κ3) is 5.88. The highest BCUT2D eigenvalue weighted by atomic mass is 32.2. The number of pyridine rings is 1. The summed E-state index contributed by atoms with van der Waals surface area (Å²) in [6.45, 7) is 5.64. The molecule has 2 rings (SSSR count). The van der Waals surface area contributed by atoms with Crippen LogP contribution in [0.3, 0.4) is 0 Å². The number of nitrogens with zero attached hydrogens (tertiary/aromatic N) is 2. The van der Waals surface area contributed by atoms with Crippen LogP contribution in [0.15, 0.2) is 41.4 Å². The number of rotatable bonds is 6. The van der Waals surface area contributed by atoms with Gasteiger partial charge in [-0.1, -0.05) is 0 Å². The van der Waals surface area contributed by atoms with Crippen molar-refractivity contribution in [2.75, 3.05) is 23.2 Å². The summed E-state index contributed by atoms with van der Waals surface area (Å²) in [5.41, 5.74) is -0.478. The van der Waals surface area contributed by atoms with Crippen LogP contribution in [0.25, 0.3) is 0 Å². The quantitative estimate of drug-likeness (QED) is 0.761. The molecular weight excluding hydrogens is 390 g/mol. The van der Waals surface area contributed by atoms with E-state index in [0.717, 1.165) is 24.4 Å². The Labute approximate surface area is 162 Å². The first-order chi connectivity index (χ1) is 12.9. The molecule has 10 heteroatoms. The SMILES string of the molecule is CN(CC(=O)NC(C)(C)C)c1ccc(S(=O)(=O)Nc2ccc(F)c(F)c2)cn1. The summed E-state index contributed by atoms with van der Waals surface area (Å²) < 4.78 is 53.1. The van der Waals surface area contributed by atoms with Crippen LogP contribution >= 0.6 is 0 Å². The summed E-state index contributed by atoms with van der Waals surface area (Å²) in [5, 5.41) is 2.82. The molecule has 0 unspecified atom stereocenters. The summed E-state index contributed by atoms with van der Waals surface area (Å²) >= 11 is 0. The van der Waals surface area contributed by atoms with Gasteiger partial charge in [-0.15, -0.1) is 0 Å². The topological polar surface area (TPSA) is 91.4 Å². The highest BCUT2D eigenvalue weighted by molar-refractivity contribution is 7.92. The molecule has 0 fully saturated rings. The van der Waals surface area contributed by atoms with Crippen LogP contribution in [0.1, 0.15) is 20.8 Å². The van der Waals surface area contributed by atoms with E-state index in [4.69, 9.17) is 0 Å². The number of halogens is 2. The molecule has 2 aromatic rings. The molecule has 0 radical (unpaired) electrons. The maximum Gasteiger partial charge on any atom is 0.263 e. The molecule has 0 aliphatic rings. The highest BCUT2D eigenvalue weighted by Crippen LogP contribution is 2.19. The maximum atomic E-state index is 13.2. The number of anilines is 2. The Hall–Kier alpha value is -2.75. The van der Waals surface area contributed by atoms with Crippen LogP contribution in [0.5, 0.6) is 0 Å². The molecule has 0 aliphatic carbocycles. The molecule has 0 spiro atoms. The minimum absolute atomic E-state index is 0.0451. The van der Waals surface area contributed by atoms with Gasteiger partial charge in [-0.25, -0.2) is 22.2 Å². The van der Waals surface area contributed by atoms with Gasteiger partial charge < -0.3 is 10.2 Å². The highest BCUT2D eigenvalue weighted by Gasteiger charge is 2.18. The first-order valence-corrected chi connectivity index (χ1v) is 9.82. The van der Waals surface area contributed by atoms with Gasteiger partial charge >= 0.3 is 0 Å². The van der Waals surface area contributed by atoms with Crippen molar-refractivity contribution < 1.29 is 22.0 Å². The smallest absolute Gasteiger partial charge is 0.263 e. The van der Waals surface area contributed by atoms with Gasteiger partial charge in [0.05, 0.1) is 12.2 Å². The molecule has 152 valence electrons. The number of carbonyl (C=O) groups excluding carboxylic acids is 1. The third-order valence-electron chi connectivity index (χ3n) is 3.49. The Kier molecular flexibility index (Phi) is 6.23. The number of hydrogen-bond acceptors (Lipinski definition) is 5. The van der Waals surface area contributed by atoms with Gasteiger partial charge in [0.15, 0.2) is 11.6 Å². The van der Waals surface area contributed by atoms with E-state index in [1.807, 2.05) is 20.8 Å². The Morgan fingerprint density at radius 2 is 1.82 bits per heavy atom. The van der Waals surface area contributed by atoms with Crippen LogP contribution in [-0.4, -0.2) is 38.4 Å². The predicted molar refractivity (Wildman–Crippen MR) is 103 cm³/mol. The zero-order valence-electron chi connectivity index (χ0n) is 16.0. The van der Waals surface area contributed by atoms with Crippen molar-refractivity contribution in [1.29, 1.82) is 0 Å². The Balaban J connectivity index is 2.09.